The van der Waals surface area contributed by atoms with Crippen molar-refractivity contribution < 1.29 is 0 Å². The van der Waals surface area contributed by atoms with E-state index in [-0.39, 0.29) is 0 Å². The van der Waals surface area contributed by atoms with Gasteiger partial charge in [-0.3, -0.25) is 4.90 Å². The lowest BCUT2D eigenvalue weighted by Crippen LogP contribution is -2.13. The van der Waals surface area contributed by atoms with Crippen molar-refractivity contribution in [2.45, 2.75) is 0 Å². The van der Waals surface area contributed by atoms with E-state index in [0.717, 1.165) is 44.9 Å². The molecule has 0 atom stereocenters. The summed E-state index contributed by atoms with van der Waals surface area (Å²) in [6, 6.07) is 61.8. The van der Waals surface area contributed by atoms with E-state index in [4.69, 9.17) is 4.98 Å². The van der Waals surface area contributed by atoms with Gasteiger partial charge in [0.05, 0.1) is 5.52 Å². The molecule has 8 aromatic rings. The molecule has 46 heavy (non-hydrogen) atoms. The topological polar surface area (TPSA) is 21.1 Å². The first kappa shape index (κ1) is 27.4. The minimum atomic E-state index is 0.868. The van der Waals surface area contributed by atoms with Gasteiger partial charge >= 0.3 is 0 Å². The number of para-hydroxylation sites is 2. The number of aromatic nitrogens is 2. The molecule has 0 N–H and O–H groups in total. The average molecular weight is 590 g/mol. The van der Waals surface area contributed by atoms with E-state index < -0.39 is 0 Å². The first-order valence-electron chi connectivity index (χ1n) is 15.6. The van der Waals surface area contributed by atoms with E-state index in [0.29, 0.717) is 0 Å². The van der Waals surface area contributed by atoms with Crippen LogP contribution in [0.25, 0.3) is 50.0 Å². The molecule has 2 heterocycles. The Morgan fingerprint density at radius 3 is 1.54 bits per heavy atom. The molecule has 8 rings (SSSR count). The van der Waals surface area contributed by atoms with E-state index in [2.05, 4.69) is 192 Å². The molecule has 0 spiro atoms. The predicted molar refractivity (Wildman–Crippen MR) is 192 cm³/mol. The molecular weight excluding hydrogens is 558 g/mol. The highest BCUT2D eigenvalue weighted by Crippen LogP contribution is 2.42. The number of anilines is 3. The van der Waals surface area contributed by atoms with Gasteiger partial charge in [-0.1, -0.05) is 133 Å². The summed E-state index contributed by atoms with van der Waals surface area (Å²) in [5.74, 6) is 0.868. The Morgan fingerprint density at radius 2 is 0.935 bits per heavy atom. The number of hydrogen-bond acceptors (Lipinski definition) is 2. The summed E-state index contributed by atoms with van der Waals surface area (Å²) in [5.41, 5.74) is 11.3. The van der Waals surface area contributed by atoms with E-state index in [9.17, 15) is 0 Å². The molecule has 0 aliphatic carbocycles. The van der Waals surface area contributed by atoms with Crippen LogP contribution in [0.5, 0.6) is 0 Å². The van der Waals surface area contributed by atoms with Crippen molar-refractivity contribution in [3.8, 4) is 39.1 Å². The standard InChI is InChI=1S/C43H31N3/c1-5-14-32(15-6-1)34-24-26-35(27-25-34)41-31-45(39-23-13-18-36(30-39)33-16-7-2-8-17-33)42-40(41)28-29-44-43(42)46(37-19-9-3-10-20-37)38-21-11-4-12-22-38/h1-31H. The fourth-order valence-electron chi connectivity index (χ4n) is 6.24. The lowest BCUT2D eigenvalue weighted by Gasteiger charge is -2.25. The summed E-state index contributed by atoms with van der Waals surface area (Å²) in [7, 11) is 0. The number of rotatable bonds is 7. The summed E-state index contributed by atoms with van der Waals surface area (Å²) in [6.07, 6.45) is 4.20. The summed E-state index contributed by atoms with van der Waals surface area (Å²) in [6.45, 7) is 0. The van der Waals surface area contributed by atoms with Gasteiger partial charge in [0.2, 0.25) is 0 Å². The van der Waals surface area contributed by atoms with Crippen LogP contribution in [0.1, 0.15) is 0 Å². The zero-order valence-electron chi connectivity index (χ0n) is 25.2. The highest BCUT2D eigenvalue weighted by molar-refractivity contribution is 6.04. The van der Waals surface area contributed by atoms with Crippen molar-refractivity contribution in [3.05, 3.63) is 188 Å². The van der Waals surface area contributed by atoms with Crippen LogP contribution in [-0.2, 0) is 0 Å². The lowest BCUT2D eigenvalue weighted by molar-refractivity contribution is 1.10. The molecule has 0 fully saturated rings. The molecule has 218 valence electrons. The molecule has 0 unspecified atom stereocenters. The highest BCUT2D eigenvalue weighted by atomic mass is 15.2. The largest absolute Gasteiger partial charge is 0.313 e. The van der Waals surface area contributed by atoms with Crippen molar-refractivity contribution in [2.24, 2.45) is 0 Å². The number of benzene rings is 6. The number of pyridine rings is 1. The number of hydrogen-bond donors (Lipinski definition) is 0. The van der Waals surface area contributed by atoms with Gasteiger partial charge in [-0.25, -0.2) is 4.98 Å². The summed E-state index contributed by atoms with van der Waals surface area (Å²) >= 11 is 0. The van der Waals surface area contributed by atoms with E-state index >= 15 is 0 Å². The Hall–Kier alpha value is -6.19. The molecular formula is C43H31N3. The third-order valence-corrected chi connectivity index (χ3v) is 8.47. The van der Waals surface area contributed by atoms with E-state index in [1.54, 1.807) is 0 Å². The quantitative estimate of drug-likeness (QED) is 0.184. The van der Waals surface area contributed by atoms with E-state index in [1.165, 1.54) is 22.3 Å². The summed E-state index contributed by atoms with van der Waals surface area (Å²) in [5, 5.41) is 1.14. The maximum atomic E-state index is 5.09. The number of fused-ring (bicyclic) bond motifs is 1. The predicted octanol–water partition coefficient (Wildman–Crippen LogP) is 11.5. The molecule has 0 amide bonds. The Morgan fingerprint density at radius 1 is 0.435 bits per heavy atom. The maximum Gasteiger partial charge on any atom is 0.162 e. The fraction of sp³-hybridized carbons (Fsp3) is 0. The number of nitrogens with zero attached hydrogens (tertiary/aromatic N) is 3. The fourth-order valence-corrected chi connectivity index (χ4v) is 6.24. The Kier molecular flexibility index (Phi) is 7.18. The average Bonchev–Trinajstić information content (AvgIpc) is 3.54. The zero-order chi connectivity index (χ0) is 30.7. The smallest absolute Gasteiger partial charge is 0.162 e. The Labute approximate surface area is 269 Å². The van der Waals surface area contributed by atoms with Crippen LogP contribution in [0.3, 0.4) is 0 Å². The molecule has 2 aromatic heterocycles. The molecule has 0 saturated carbocycles. The minimum absolute atomic E-state index is 0.868. The molecule has 3 nitrogen and oxygen atoms in total. The Balaban J connectivity index is 1.37. The lowest BCUT2D eigenvalue weighted by atomic mass is 10.0. The third-order valence-electron chi connectivity index (χ3n) is 8.47. The highest BCUT2D eigenvalue weighted by Gasteiger charge is 2.22. The van der Waals surface area contributed by atoms with Crippen molar-refractivity contribution in [2.75, 3.05) is 4.90 Å². The molecule has 0 aliphatic rings. The molecule has 3 heteroatoms. The van der Waals surface area contributed by atoms with Crippen LogP contribution >= 0.6 is 0 Å². The summed E-state index contributed by atoms with van der Waals surface area (Å²) in [4.78, 5) is 7.34. The van der Waals surface area contributed by atoms with Crippen LogP contribution in [-0.4, -0.2) is 9.55 Å². The maximum absolute atomic E-state index is 5.09. The van der Waals surface area contributed by atoms with Crippen LogP contribution in [0.4, 0.5) is 17.2 Å². The molecule has 6 aromatic carbocycles. The van der Waals surface area contributed by atoms with Crippen molar-refractivity contribution in [1.82, 2.24) is 9.55 Å². The molecule has 0 aliphatic heterocycles. The second-order valence-electron chi connectivity index (χ2n) is 11.3. The van der Waals surface area contributed by atoms with E-state index in [1.807, 2.05) is 6.20 Å². The minimum Gasteiger partial charge on any atom is -0.313 e. The van der Waals surface area contributed by atoms with Gasteiger partial charge in [0.1, 0.15) is 0 Å². The van der Waals surface area contributed by atoms with Crippen molar-refractivity contribution in [1.29, 1.82) is 0 Å². The molecule has 0 radical (unpaired) electrons. The zero-order valence-corrected chi connectivity index (χ0v) is 25.2. The van der Waals surface area contributed by atoms with Gasteiger partial charge in [0.25, 0.3) is 0 Å². The monoisotopic (exact) mass is 589 g/mol. The van der Waals surface area contributed by atoms with Crippen molar-refractivity contribution >= 4 is 28.1 Å². The normalized spacial score (nSPS) is 11.0. The third kappa shape index (κ3) is 5.14. The summed E-state index contributed by atoms with van der Waals surface area (Å²) < 4.78 is 2.31. The SMILES string of the molecule is c1ccc(-c2ccc(-c3cn(-c4cccc(-c5ccccc5)c4)c4c(N(c5ccccc5)c5ccccc5)nccc34)cc2)cc1. The van der Waals surface area contributed by atoms with Gasteiger partial charge in [0.15, 0.2) is 5.82 Å². The first-order valence-corrected chi connectivity index (χ1v) is 15.6. The van der Waals surface area contributed by atoms with Gasteiger partial charge < -0.3 is 4.57 Å². The van der Waals surface area contributed by atoms with Crippen LogP contribution in [0.15, 0.2) is 188 Å². The molecule has 0 bridgehead atoms. The molecule has 0 saturated heterocycles. The second-order valence-corrected chi connectivity index (χ2v) is 11.3. The van der Waals surface area contributed by atoms with Gasteiger partial charge in [-0.05, 0) is 70.3 Å². The van der Waals surface area contributed by atoms with Gasteiger partial charge in [-0.2, -0.15) is 0 Å². The van der Waals surface area contributed by atoms with Gasteiger partial charge in [0, 0.05) is 40.4 Å². The van der Waals surface area contributed by atoms with Crippen LogP contribution in [0.2, 0.25) is 0 Å². The first-order chi connectivity index (χ1) is 22.8. The van der Waals surface area contributed by atoms with Crippen LogP contribution < -0.4 is 4.90 Å². The Bertz CT molecular complexity index is 2180. The van der Waals surface area contributed by atoms with Gasteiger partial charge in [-0.15, -0.1) is 0 Å². The second kappa shape index (κ2) is 12.1. The van der Waals surface area contributed by atoms with Crippen LogP contribution in [0, 0.1) is 0 Å². The van der Waals surface area contributed by atoms with Crippen molar-refractivity contribution in [3.63, 3.8) is 0 Å².